The largest absolute Gasteiger partial charge is 0.480 e. The van der Waals surface area contributed by atoms with Gasteiger partial charge in [0, 0.05) is 33.3 Å². The summed E-state index contributed by atoms with van der Waals surface area (Å²) in [5, 5.41) is 2.91. The van der Waals surface area contributed by atoms with Crippen molar-refractivity contribution in [1.29, 1.82) is 0 Å². The molecule has 1 N–H and O–H groups in total. The predicted octanol–water partition coefficient (Wildman–Crippen LogP) is 2.50. The first kappa shape index (κ1) is 22.3. The summed E-state index contributed by atoms with van der Waals surface area (Å²) in [7, 11) is -3.83. The van der Waals surface area contributed by atoms with Crippen LogP contribution in [0.1, 0.15) is 14.3 Å². The molecule has 5 rings (SSSR count). The smallest absolute Gasteiger partial charge is 0.263 e. The van der Waals surface area contributed by atoms with Crippen molar-refractivity contribution in [2.24, 2.45) is 0 Å². The molecule has 2 fully saturated rings. The highest BCUT2D eigenvalue weighted by atomic mass is 32.2. The molecule has 3 radical (unpaired) electrons. The molecular weight excluding hydrogens is 447 g/mol. The Kier molecular flexibility index (Phi) is 6.11. The lowest BCUT2D eigenvalue weighted by Gasteiger charge is -2.41. The summed E-state index contributed by atoms with van der Waals surface area (Å²) < 4.78 is 52.8. The van der Waals surface area contributed by atoms with Crippen LogP contribution in [0.5, 0.6) is 0 Å². The van der Waals surface area contributed by atoms with Crippen LogP contribution in [-0.2, 0) is 24.3 Å². The van der Waals surface area contributed by atoms with E-state index in [2.05, 4.69) is 5.32 Å². The quantitative estimate of drug-likeness (QED) is 0.727. The van der Waals surface area contributed by atoms with E-state index >= 15 is 0 Å². The lowest BCUT2D eigenvalue weighted by Crippen LogP contribution is -2.53. The first-order valence-electron chi connectivity index (χ1n) is 10.9. The van der Waals surface area contributed by atoms with Gasteiger partial charge in [0.05, 0.1) is 17.5 Å². The fraction of sp³-hybridized carbons (Fsp3) is 0.333. The molecule has 4 atom stereocenters. The van der Waals surface area contributed by atoms with Gasteiger partial charge in [0.2, 0.25) is 10.0 Å². The fourth-order valence-electron chi connectivity index (χ4n) is 4.43. The van der Waals surface area contributed by atoms with Gasteiger partial charge in [-0.1, -0.05) is 23.8 Å². The summed E-state index contributed by atoms with van der Waals surface area (Å²) in [4.78, 5) is 12.9. The molecule has 7 nitrogen and oxygen atoms in total. The summed E-state index contributed by atoms with van der Waals surface area (Å²) in [6.45, 7) is 0.471. The summed E-state index contributed by atoms with van der Waals surface area (Å²) in [6.07, 6.45) is 13.3. The van der Waals surface area contributed by atoms with Crippen LogP contribution >= 0.6 is 0 Å². The molecule has 1 aromatic carbocycles. The predicted molar refractivity (Wildman–Crippen MR) is 120 cm³/mol. The second-order valence-electron chi connectivity index (χ2n) is 8.29. The van der Waals surface area contributed by atoms with Crippen LogP contribution in [0, 0.1) is 25.1 Å². The molecule has 0 saturated carbocycles. The highest BCUT2D eigenvalue weighted by Crippen LogP contribution is 2.34. The molecule has 175 valence electrons. The van der Waals surface area contributed by atoms with Crippen molar-refractivity contribution in [1.82, 2.24) is 9.62 Å². The standard InChI is InChI=1S/C24H24FN2O5S.H2/c25-17-8-11-19(12-9-17)33(29,30)27-13-3-4-16-7-10-18(14-20(16)27)26-24(28)23-15-31-21-5-1-2-6-22(21)32-23;/h1-2,5-12,14,18,20-21,23H,3-4,13,15H2,(H,26,28);1H. The van der Waals surface area contributed by atoms with Crippen LogP contribution in [0.25, 0.3) is 0 Å². The lowest BCUT2D eigenvalue weighted by atomic mass is 9.85. The minimum atomic E-state index is -3.83. The van der Waals surface area contributed by atoms with Gasteiger partial charge in [0.25, 0.3) is 5.91 Å². The molecule has 1 amide bonds. The number of allylic oxidation sites excluding steroid dienone is 2. The second kappa shape index (κ2) is 9.04. The molecule has 2 aliphatic carbocycles. The van der Waals surface area contributed by atoms with Crippen molar-refractivity contribution in [3.8, 4) is 0 Å². The topological polar surface area (TPSA) is 84.9 Å². The van der Waals surface area contributed by atoms with Gasteiger partial charge in [-0.05, 0) is 43.2 Å². The minimum Gasteiger partial charge on any atom is -0.480 e. The first-order chi connectivity index (χ1) is 15.9. The van der Waals surface area contributed by atoms with Gasteiger partial charge in [-0.3, -0.25) is 4.79 Å². The zero-order valence-corrected chi connectivity index (χ0v) is 18.6. The third kappa shape index (κ3) is 4.49. The Morgan fingerprint density at radius 1 is 1.15 bits per heavy atom. The van der Waals surface area contributed by atoms with E-state index < -0.39 is 34.0 Å². The zero-order chi connectivity index (χ0) is 23.0. The van der Waals surface area contributed by atoms with Crippen molar-refractivity contribution in [3.63, 3.8) is 0 Å². The molecule has 2 heterocycles. The maximum Gasteiger partial charge on any atom is 0.263 e. The van der Waals surface area contributed by atoms with E-state index in [1.165, 1.54) is 16.4 Å². The summed E-state index contributed by atoms with van der Waals surface area (Å²) in [5.74, 6) is -0.235. The summed E-state index contributed by atoms with van der Waals surface area (Å²) in [5.41, 5.74) is 0.965. The van der Waals surface area contributed by atoms with Crippen molar-refractivity contribution in [2.45, 2.75) is 42.0 Å². The van der Waals surface area contributed by atoms with Gasteiger partial charge in [-0.2, -0.15) is 4.31 Å². The molecular formula is C24H26FN2O5S. The zero-order valence-electron chi connectivity index (χ0n) is 17.8. The van der Waals surface area contributed by atoms with E-state index in [1.54, 1.807) is 6.08 Å². The first-order valence-corrected chi connectivity index (χ1v) is 12.3. The van der Waals surface area contributed by atoms with Crippen LogP contribution in [-0.4, -0.2) is 56.1 Å². The Hall–Kier alpha value is -2.49. The van der Waals surface area contributed by atoms with Crippen molar-refractivity contribution < 1.29 is 28.5 Å². The summed E-state index contributed by atoms with van der Waals surface area (Å²) >= 11 is 0. The van der Waals surface area contributed by atoms with Crippen LogP contribution in [0.2, 0.25) is 0 Å². The molecule has 0 spiro atoms. The number of rotatable bonds is 4. The molecule has 2 saturated heterocycles. The number of nitrogens with zero attached hydrogens (tertiary/aromatic N) is 1. The van der Waals surface area contributed by atoms with Gasteiger partial charge in [-0.25, -0.2) is 12.8 Å². The number of nitrogens with one attached hydrogen (secondary N) is 1. The van der Waals surface area contributed by atoms with E-state index in [-0.39, 0.29) is 24.9 Å². The number of ether oxygens (including phenoxy) is 2. The molecule has 0 aromatic heterocycles. The molecule has 9 heteroatoms. The van der Waals surface area contributed by atoms with Crippen LogP contribution in [0.3, 0.4) is 0 Å². The van der Waals surface area contributed by atoms with E-state index in [4.69, 9.17) is 9.47 Å². The van der Waals surface area contributed by atoms with E-state index in [9.17, 15) is 17.6 Å². The van der Waals surface area contributed by atoms with Crippen LogP contribution in [0.4, 0.5) is 4.39 Å². The number of piperidine rings is 1. The molecule has 33 heavy (non-hydrogen) atoms. The molecule has 1 aromatic rings. The Labute approximate surface area is 194 Å². The fourth-order valence-corrected chi connectivity index (χ4v) is 6.06. The number of carbonyl (C=O) groups excluding carboxylic acids is 1. The van der Waals surface area contributed by atoms with Gasteiger partial charge in [0.1, 0.15) is 17.7 Å². The summed E-state index contributed by atoms with van der Waals surface area (Å²) in [6, 6.07) is 3.87. The Morgan fingerprint density at radius 3 is 2.79 bits per heavy atom. The average Bonchev–Trinajstić information content (AvgIpc) is 2.83. The third-order valence-electron chi connectivity index (χ3n) is 6.11. The molecule has 2 aliphatic heterocycles. The number of amides is 1. The van der Waals surface area contributed by atoms with Gasteiger partial charge in [0.15, 0.2) is 6.10 Å². The number of fused-ring (bicyclic) bond motifs is 2. The van der Waals surface area contributed by atoms with Crippen LogP contribution in [0.15, 0.2) is 64.8 Å². The van der Waals surface area contributed by atoms with Crippen molar-refractivity contribution >= 4 is 15.9 Å². The Bertz CT molecular complexity index is 1120. The highest BCUT2D eigenvalue weighted by molar-refractivity contribution is 7.89. The highest BCUT2D eigenvalue weighted by Gasteiger charge is 2.40. The van der Waals surface area contributed by atoms with Crippen molar-refractivity contribution in [2.75, 3.05) is 13.2 Å². The van der Waals surface area contributed by atoms with Crippen molar-refractivity contribution in [3.05, 3.63) is 85.0 Å². The molecule has 4 unspecified atom stereocenters. The number of halogens is 1. The maximum absolute atomic E-state index is 13.3. The normalized spacial score (nSPS) is 29.7. The molecule has 0 bridgehead atoms. The number of sulfonamides is 1. The Balaban J connectivity index is 0.00000274. The van der Waals surface area contributed by atoms with E-state index in [0.29, 0.717) is 18.7 Å². The number of hydrogen-bond acceptors (Lipinski definition) is 5. The van der Waals surface area contributed by atoms with Gasteiger partial charge in [-0.15, -0.1) is 0 Å². The monoisotopic (exact) mass is 473 g/mol. The SMILES string of the molecule is O=C(NC1[CH]C=C2CCCN(S(=O)(=O)c3ccc(F)cc3)C2[CH]1)C1COC2[CH]C=CC=C2O1.[HH]. The van der Waals surface area contributed by atoms with E-state index in [1.807, 2.05) is 37.5 Å². The maximum atomic E-state index is 13.3. The molecule has 4 aliphatic rings. The van der Waals surface area contributed by atoms with E-state index in [0.717, 1.165) is 24.1 Å². The van der Waals surface area contributed by atoms with Gasteiger partial charge >= 0.3 is 0 Å². The number of carbonyl (C=O) groups is 1. The Morgan fingerprint density at radius 2 is 1.97 bits per heavy atom. The average molecular weight is 474 g/mol. The lowest BCUT2D eigenvalue weighted by molar-refractivity contribution is -0.144. The third-order valence-corrected chi connectivity index (χ3v) is 8.00. The number of benzene rings is 1. The minimum absolute atomic E-state index is 0. The second-order valence-corrected chi connectivity index (χ2v) is 10.2. The number of hydrogen-bond donors (Lipinski definition) is 1. The van der Waals surface area contributed by atoms with Gasteiger partial charge < -0.3 is 14.8 Å². The van der Waals surface area contributed by atoms with Crippen LogP contribution < -0.4 is 5.32 Å².